The molecule has 0 unspecified atom stereocenters. The number of benzene rings is 3. The third kappa shape index (κ3) is 5.69. The van der Waals surface area contributed by atoms with Crippen LogP contribution in [0.25, 0.3) is 11.3 Å². The maximum absolute atomic E-state index is 13.2. The Morgan fingerprint density at radius 1 is 1.00 bits per heavy atom. The van der Waals surface area contributed by atoms with Crippen molar-refractivity contribution in [2.75, 3.05) is 62.5 Å². The molecular weight excluding hydrogens is 496 g/mol. The van der Waals surface area contributed by atoms with Crippen molar-refractivity contribution in [2.24, 2.45) is 0 Å². The van der Waals surface area contributed by atoms with E-state index in [0.717, 1.165) is 30.0 Å². The third-order valence-corrected chi connectivity index (χ3v) is 6.86. The van der Waals surface area contributed by atoms with Gasteiger partial charge in [-0.3, -0.25) is 14.5 Å². The number of carbonyl (C=O) groups is 3. The van der Waals surface area contributed by atoms with E-state index in [1.807, 2.05) is 54.6 Å². The molecule has 9 heteroatoms. The van der Waals surface area contributed by atoms with E-state index in [2.05, 4.69) is 15.5 Å². The number of ether oxygens (including phenoxy) is 2. The molecule has 0 atom stereocenters. The number of morpholine rings is 1. The number of anilines is 3. The van der Waals surface area contributed by atoms with E-state index >= 15 is 0 Å². The average molecular weight is 527 g/mol. The number of nitrogens with zero attached hydrogens (tertiary/aromatic N) is 2. The second-order valence-electron chi connectivity index (χ2n) is 9.34. The van der Waals surface area contributed by atoms with Crippen LogP contribution in [-0.4, -0.2) is 69.7 Å². The summed E-state index contributed by atoms with van der Waals surface area (Å²) in [7, 11) is 3.09. The number of carbonyl (C=O) groups excluding carboxylic acids is 3. The lowest BCUT2D eigenvalue weighted by molar-refractivity contribution is -0.120. The maximum Gasteiger partial charge on any atom is 0.337 e. The molecule has 2 N–H and O–H groups in total. The number of nitrogens with one attached hydrogen (secondary N) is 2. The monoisotopic (exact) mass is 526 g/mol. The van der Waals surface area contributed by atoms with Gasteiger partial charge in [0.05, 0.1) is 49.4 Å². The number of hydrogen-bond acceptors (Lipinski definition) is 7. The van der Waals surface area contributed by atoms with Crippen molar-refractivity contribution in [1.82, 2.24) is 4.90 Å². The van der Waals surface area contributed by atoms with Crippen molar-refractivity contribution in [3.05, 3.63) is 89.5 Å². The largest absolute Gasteiger partial charge is 0.465 e. The Kier molecular flexibility index (Phi) is 7.72. The first kappa shape index (κ1) is 26.1. The molecule has 2 heterocycles. The van der Waals surface area contributed by atoms with Crippen LogP contribution in [-0.2, 0) is 19.1 Å². The summed E-state index contributed by atoms with van der Waals surface area (Å²) in [6.45, 7) is 3.13. The first-order valence-electron chi connectivity index (χ1n) is 12.7. The summed E-state index contributed by atoms with van der Waals surface area (Å²) in [5.41, 5.74) is 5.03. The van der Waals surface area contributed by atoms with Gasteiger partial charge in [-0.15, -0.1) is 0 Å². The molecule has 3 aromatic carbocycles. The third-order valence-electron chi connectivity index (χ3n) is 6.86. The van der Waals surface area contributed by atoms with Crippen LogP contribution in [0, 0.1) is 0 Å². The molecule has 2 amide bonds. The molecule has 0 radical (unpaired) electrons. The van der Waals surface area contributed by atoms with Gasteiger partial charge >= 0.3 is 5.97 Å². The number of esters is 1. The highest BCUT2D eigenvalue weighted by Crippen LogP contribution is 2.38. The predicted molar refractivity (Wildman–Crippen MR) is 150 cm³/mol. The maximum atomic E-state index is 13.2. The van der Waals surface area contributed by atoms with E-state index < -0.39 is 5.97 Å². The summed E-state index contributed by atoms with van der Waals surface area (Å²) >= 11 is 0. The first-order valence-corrected chi connectivity index (χ1v) is 12.7. The van der Waals surface area contributed by atoms with E-state index in [0.29, 0.717) is 47.8 Å². The summed E-state index contributed by atoms with van der Waals surface area (Å²) in [5, 5.41) is 6.29. The fraction of sp³-hybridized carbons (Fsp3) is 0.233. The molecule has 2 aliphatic heterocycles. The molecule has 0 saturated carbocycles. The van der Waals surface area contributed by atoms with Crippen LogP contribution in [0.4, 0.5) is 17.1 Å². The van der Waals surface area contributed by atoms with Crippen LogP contribution in [0.1, 0.15) is 21.5 Å². The lowest BCUT2D eigenvalue weighted by atomic mass is 9.99. The minimum atomic E-state index is -0.473. The van der Waals surface area contributed by atoms with Gasteiger partial charge in [-0.05, 0) is 42.0 Å². The molecule has 0 aromatic heterocycles. The molecule has 39 heavy (non-hydrogen) atoms. The molecular formula is C30H30N4O5. The van der Waals surface area contributed by atoms with Crippen molar-refractivity contribution in [1.29, 1.82) is 0 Å². The average Bonchev–Trinajstić information content (AvgIpc) is 3.31. The minimum Gasteiger partial charge on any atom is -0.465 e. The molecule has 0 aliphatic carbocycles. The van der Waals surface area contributed by atoms with E-state index in [9.17, 15) is 14.4 Å². The molecule has 3 aromatic rings. The molecule has 1 saturated heterocycles. The second kappa shape index (κ2) is 11.5. The number of rotatable bonds is 7. The van der Waals surface area contributed by atoms with E-state index in [-0.39, 0.29) is 11.8 Å². The Morgan fingerprint density at radius 2 is 1.72 bits per heavy atom. The smallest absolute Gasteiger partial charge is 0.337 e. The van der Waals surface area contributed by atoms with Crippen LogP contribution in [0.5, 0.6) is 0 Å². The fourth-order valence-corrected chi connectivity index (χ4v) is 4.66. The Labute approximate surface area is 227 Å². The van der Waals surface area contributed by atoms with Gasteiger partial charge in [0.2, 0.25) is 5.91 Å². The number of methoxy groups -OCH3 is 1. The van der Waals surface area contributed by atoms with Crippen molar-refractivity contribution < 1.29 is 23.9 Å². The van der Waals surface area contributed by atoms with Crippen molar-refractivity contribution in [3.63, 3.8) is 0 Å². The van der Waals surface area contributed by atoms with Crippen LogP contribution in [0.3, 0.4) is 0 Å². The Bertz CT molecular complexity index is 1410. The van der Waals surface area contributed by atoms with Crippen LogP contribution in [0.15, 0.2) is 72.8 Å². The van der Waals surface area contributed by atoms with Crippen LogP contribution >= 0.6 is 0 Å². The molecule has 0 bridgehead atoms. The first-order chi connectivity index (χ1) is 18.9. The molecule has 0 spiro atoms. The zero-order chi connectivity index (χ0) is 27.4. The fourth-order valence-electron chi connectivity index (χ4n) is 4.66. The molecule has 5 rings (SSSR count). The molecule has 2 aliphatic rings. The van der Waals surface area contributed by atoms with Gasteiger partial charge in [0.1, 0.15) is 0 Å². The van der Waals surface area contributed by atoms with E-state index in [4.69, 9.17) is 9.47 Å². The summed E-state index contributed by atoms with van der Waals surface area (Å²) < 4.78 is 10.2. The van der Waals surface area contributed by atoms with Gasteiger partial charge in [0.25, 0.3) is 5.91 Å². The van der Waals surface area contributed by atoms with Gasteiger partial charge < -0.3 is 25.0 Å². The minimum absolute atomic E-state index is 0.00950. The van der Waals surface area contributed by atoms with Gasteiger partial charge in [0, 0.05) is 37.1 Å². The SMILES string of the molecule is COC(=O)c1ccc2c(c1)NC(=O)/C2=C(\Nc1ccc(N(C)C(=O)CN2CCOCC2)cc1)c1ccccc1. The lowest BCUT2D eigenvalue weighted by Crippen LogP contribution is -2.43. The number of likely N-dealkylation sites (N-methyl/N-ethyl adjacent to an activating group) is 1. The Morgan fingerprint density at radius 3 is 2.41 bits per heavy atom. The van der Waals surface area contributed by atoms with Gasteiger partial charge in [-0.25, -0.2) is 4.79 Å². The highest BCUT2D eigenvalue weighted by Gasteiger charge is 2.29. The van der Waals surface area contributed by atoms with Gasteiger partial charge in [-0.2, -0.15) is 0 Å². The summed E-state index contributed by atoms with van der Waals surface area (Å²) in [4.78, 5) is 41.7. The van der Waals surface area contributed by atoms with Crippen molar-refractivity contribution in [3.8, 4) is 0 Å². The van der Waals surface area contributed by atoms with E-state index in [1.165, 1.54) is 7.11 Å². The second-order valence-corrected chi connectivity index (χ2v) is 9.34. The topological polar surface area (TPSA) is 100 Å². The zero-order valence-corrected chi connectivity index (χ0v) is 21.9. The standard InChI is InChI=1S/C30H30N4O5/c1-33(26(35)19-34-14-16-39-17-15-34)23-11-9-22(10-12-23)31-28(20-6-4-3-5-7-20)27-24-13-8-21(30(37)38-2)18-25(24)32-29(27)36/h3-13,18,31H,14-17,19H2,1-2H3,(H,32,36)/b28-27-. The normalized spacial score (nSPS) is 16.2. The number of fused-ring (bicyclic) bond motifs is 1. The van der Waals surface area contributed by atoms with Crippen LogP contribution in [0.2, 0.25) is 0 Å². The lowest BCUT2D eigenvalue weighted by Gasteiger charge is -2.28. The number of hydrogen-bond donors (Lipinski definition) is 2. The highest BCUT2D eigenvalue weighted by molar-refractivity contribution is 6.37. The Balaban J connectivity index is 1.42. The van der Waals surface area contributed by atoms with Crippen LogP contribution < -0.4 is 15.5 Å². The predicted octanol–water partition coefficient (Wildman–Crippen LogP) is 3.70. The highest BCUT2D eigenvalue weighted by atomic mass is 16.5. The molecule has 9 nitrogen and oxygen atoms in total. The van der Waals surface area contributed by atoms with E-state index in [1.54, 1.807) is 30.1 Å². The quantitative estimate of drug-likeness (QED) is 0.358. The number of amides is 2. The van der Waals surface area contributed by atoms with Gasteiger partial charge in [-0.1, -0.05) is 36.4 Å². The summed E-state index contributed by atoms with van der Waals surface area (Å²) in [6, 6.07) is 22.1. The summed E-state index contributed by atoms with van der Waals surface area (Å²) in [6.07, 6.45) is 0. The summed E-state index contributed by atoms with van der Waals surface area (Å²) in [5.74, 6) is -0.738. The zero-order valence-electron chi connectivity index (χ0n) is 21.9. The molecule has 1 fully saturated rings. The Hall–Kier alpha value is -4.47. The van der Waals surface area contributed by atoms with Gasteiger partial charge in [0.15, 0.2) is 0 Å². The molecule has 200 valence electrons. The van der Waals surface area contributed by atoms with Crippen molar-refractivity contribution in [2.45, 2.75) is 0 Å². The van der Waals surface area contributed by atoms with Crippen molar-refractivity contribution >= 4 is 46.1 Å².